The third kappa shape index (κ3) is 3.46. The molecule has 0 heterocycles. The molecular weight excluding hydrogens is 230 g/mol. The maximum atomic E-state index is 6.12. The molecule has 1 N–H and O–H groups in total. The third-order valence-electron chi connectivity index (χ3n) is 3.93. The van der Waals surface area contributed by atoms with Gasteiger partial charge in [0.2, 0.25) is 0 Å². The van der Waals surface area contributed by atoms with Gasteiger partial charge in [-0.2, -0.15) is 0 Å². The van der Waals surface area contributed by atoms with Gasteiger partial charge in [-0.25, -0.2) is 0 Å². The van der Waals surface area contributed by atoms with Gasteiger partial charge in [0.25, 0.3) is 0 Å². The lowest BCUT2D eigenvalue weighted by molar-refractivity contribution is 0.314. The molecule has 0 radical (unpaired) electrons. The van der Waals surface area contributed by atoms with Crippen LogP contribution in [0.1, 0.15) is 43.7 Å². The minimum Gasteiger partial charge on any atom is -0.312 e. The van der Waals surface area contributed by atoms with Crippen LogP contribution in [0.3, 0.4) is 0 Å². The predicted octanol–water partition coefficient (Wildman–Crippen LogP) is 4.32. The fourth-order valence-corrected chi connectivity index (χ4v) is 2.86. The quantitative estimate of drug-likeness (QED) is 0.841. The highest BCUT2D eigenvalue weighted by Gasteiger charge is 2.27. The zero-order valence-corrected chi connectivity index (χ0v) is 11.6. The number of nitrogens with one attached hydrogen (secondary N) is 1. The molecule has 1 aliphatic rings. The van der Waals surface area contributed by atoms with Crippen molar-refractivity contribution in [1.29, 1.82) is 0 Å². The average molecular weight is 252 g/mol. The van der Waals surface area contributed by atoms with Crippen molar-refractivity contribution < 1.29 is 0 Å². The summed E-state index contributed by atoms with van der Waals surface area (Å²) in [6.07, 6.45) is 5.53. The van der Waals surface area contributed by atoms with E-state index in [0.29, 0.717) is 5.41 Å². The summed E-state index contributed by atoms with van der Waals surface area (Å²) in [6.45, 7) is 6.49. The van der Waals surface area contributed by atoms with E-state index < -0.39 is 0 Å². The average Bonchev–Trinajstić information content (AvgIpc) is 2.71. The van der Waals surface area contributed by atoms with Crippen LogP contribution in [0, 0.1) is 12.3 Å². The molecule has 0 bridgehead atoms. The van der Waals surface area contributed by atoms with E-state index in [1.165, 1.54) is 31.2 Å². The van der Waals surface area contributed by atoms with Crippen molar-refractivity contribution in [3.05, 3.63) is 34.3 Å². The van der Waals surface area contributed by atoms with Crippen LogP contribution in [0.15, 0.2) is 18.2 Å². The zero-order chi connectivity index (χ0) is 12.3. The van der Waals surface area contributed by atoms with E-state index in [9.17, 15) is 0 Å². The van der Waals surface area contributed by atoms with Crippen LogP contribution in [-0.4, -0.2) is 6.54 Å². The van der Waals surface area contributed by atoms with Crippen LogP contribution in [0.25, 0.3) is 0 Å². The topological polar surface area (TPSA) is 12.0 Å². The van der Waals surface area contributed by atoms with E-state index in [-0.39, 0.29) is 0 Å². The maximum Gasteiger partial charge on any atom is 0.0438 e. The molecule has 17 heavy (non-hydrogen) atoms. The van der Waals surface area contributed by atoms with Crippen LogP contribution in [0.5, 0.6) is 0 Å². The number of rotatable bonds is 4. The number of hydrogen-bond donors (Lipinski definition) is 1. The Morgan fingerprint density at radius 1 is 1.29 bits per heavy atom. The van der Waals surface area contributed by atoms with Crippen LogP contribution >= 0.6 is 11.6 Å². The van der Waals surface area contributed by atoms with E-state index in [4.69, 9.17) is 11.6 Å². The molecule has 1 aromatic rings. The van der Waals surface area contributed by atoms with Gasteiger partial charge in [0.05, 0.1) is 0 Å². The Labute approximate surface area is 110 Å². The monoisotopic (exact) mass is 251 g/mol. The Hall–Kier alpha value is -0.530. The van der Waals surface area contributed by atoms with Crippen molar-refractivity contribution in [2.45, 2.75) is 46.1 Å². The molecule has 1 fully saturated rings. The Bertz CT molecular complexity index is 381. The van der Waals surface area contributed by atoms with Gasteiger partial charge in [0.15, 0.2) is 0 Å². The Kier molecular flexibility index (Phi) is 4.11. The van der Waals surface area contributed by atoms with Crippen LogP contribution in [-0.2, 0) is 6.54 Å². The second kappa shape index (κ2) is 5.41. The van der Waals surface area contributed by atoms with Crippen molar-refractivity contribution in [1.82, 2.24) is 5.32 Å². The smallest absolute Gasteiger partial charge is 0.0438 e. The Balaban J connectivity index is 1.83. The highest BCUT2D eigenvalue weighted by atomic mass is 35.5. The SMILES string of the molecule is Cc1ccc(CNCC2(C)CCCC2)cc1Cl. The molecule has 0 unspecified atom stereocenters. The highest BCUT2D eigenvalue weighted by molar-refractivity contribution is 6.31. The fraction of sp³-hybridized carbons (Fsp3) is 0.600. The summed E-state index contributed by atoms with van der Waals surface area (Å²) in [5.41, 5.74) is 2.95. The molecule has 1 nitrogen and oxygen atoms in total. The number of hydrogen-bond acceptors (Lipinski definition) is 1. The molecule has 0 atom stereocenters. The first-order valence-electron chi connectivity index (χ1n) is 6.55. The second-order valence-electron chi connectivity index (χ2n) is 5.70. The van der Waals surface area contributed by atoms with Gasteiger partial charge in [0.1, 0.15) is 0 Å². The molecule has 2 rings (SSSR count). The predicted molar refractivity (Wildman–Crippen MR) is 74.5 cm³/mol. The van der Waals surface area contributed by atoms with Gasteiger partial charge < -0.3 is 5.32 Å². The maximum absolute atomic E-state index is 6.12. The van der Waals surface area contributed by atoms with Gasteiger partial charge in [-0.05, 0) is 42.4 Å². The van der Waals surface area contributed by atoms with Crippen molar-refractivity contribution in [3.63, 3.8) is 0 Å². The van der Waals surface area contributed by atoms with Crippen molar-refractivity contribution in [2.75, 3.05) is 6.54 Å². The zero-order valence-electron chi connectivity index (χ0n) is 10.9. The summed E-state index contributed by atoms with van der Waals surface area (Å²) in [5, 5.41) is 4.44. The summed E-state index contributed by atoms with van der Waals surface area (Å²) < 4.78 is 0. The van der Waals surface area contributed by atoms with Gasteiger partial charge in [0, 0.05) is 18.1 Å². The van der Waals surface area contributed by atoms with Crippen molar-refractivity contribution in [3.8, 4) is 0 Å². The molecule has 1 aromatic carbocycles. The molecule has 0 saturated heterocycles. The normalized spacial score (nSPS) is 18.5. The van der Waals surface area contributed by atoms with E-state index in [1.54, 1.807) is 0 Å². The third-order valence-corrected chi connectivity index (χ3v) is 4.34. The lowest BCUT2D eigenvalue weighted by Gasteiger charge is -2.23. The first-order valence-corrected chi connectivity index (χ1v) is 6.93. The molecule has 1 saturated carbocycles. The summed E-state index contributed by atoms with van der Waals surface area (Å²) >= 11 is 6.12. The first kappa shape index (κ1) is 12.9. The first-order chi connectivity index (χ1) is 8.09. The molecule has 0 spiro atoms. The van der Waals surface area contributed by atoms with Gasteiger partial charge >= 0.3 is 0 Å². The van der Waals surface area contributed by atoms with Gasteiger partial charge in [-0.15, -0.1) is 0 Å². The summed E-state index contributed by atoms with van der Waals surface area (Å²) in [7, 11) is 0. The number of halogens is 1. The minimum absolute atomic E-state index is 0.522. The number of benzene rings is 1. The van der Waals surface area contributed by atoms with Crippen molar-refractivity contribution in [2.24, 2.45) is 5.41 Å². The Morgan fingerprint density at radius 3 is 2.65 bits per heavy atom. The molecule has 2 heteroatoms. The number of aryl methyl sites for hydroxylation is 1. The Morgan fingerprint density at radius 2 is 2.00 bits per heavy atom. The molecule has 0 amide bonds. The van der Waals surface area contributed by atoms with Crippen molar-refractivity contribution >= 4 is 11.6 Å². The van der Waals surface area contributed by atoms with Gasteiger partial charge in [-0.1, -0.05) is 43.5 Å². The van der Waals surface area contributed by atoms with E-state index >= 15 is 0 Å². The van der Waals surface area contributed by atoms with Crippen LogP contribution in [0.2, 0.25) is 5.02 Å². The molecule has 94 valence electrons. The molecule has 0 aromatic heterocycles. The second-order valence-corrected chi connectivity index (χ2v) is 6.11. The summed E-state index contributed by atoms with van der Waals surface area (Å²) in [4.78, 5) is 0. The highest BCUT2D eigenvalue weighted by Crippen LogP contribution is 2.36. The van der Waals surface area contributed by atoms with E-state index in [0.717, 1.165) is 23.7 Å². The largest absolute Gasteiger partial charge is 0.312 e. The van der Waals surface area contributed by atoms with Gasteiger partial charge in [-0.3, -0.25) is 0 Å². The molecule has 1 aliphatic carbocycles. The fourth-order valence-electron chi connectivity index (χ4n) is 2.66. The molecule has 0 aliphatic heterocycles. The standard InChI is InChI=1S/C15H22ClN/c1-12-5-6-13(9-14(12)16)10-17-11-15(2)7-3-4-8-15/h5-6,9,17H,3-4,7-8,10-11H2,1-2H3. The summed E-state index contributed by atoms with van der Waals surface area (Å²) in [6, 6.07) is 6.32. The van der Waals surface area contributed by atoms with Crippen LogP contribution in [0.4, 0.5) is 0 Å². The van der Waals surface area contributed by atoms with E-state index in [1.807, 2.05) is 6.92 Å². The van der Waals surface area contributed by atoms with E-state index in [2.05, 4.69) is 30.4 Å². The lowest BCUT2D eigenvalue weighted by atomic mass is 9.89. The summed E-state index contributed by atoms with van der Waals surface area (Å²) in [5.74, 6) is 0. The molecular formula is C15H22ClN. The van der Waals surface area contributed by atoms with Crippen LogP contribution < -0.4 is 5.32 Å². The lowest BCUT2D eigenvalue weighted by Crippen LogP contribution is -2.29. The minimum atomic E-state index is 0.522.